The molecule has 0 amide bonds. The third kappa shape index (κ3) is 8.39. The van der Waals surface area contributed by atoms with Gasteiger partial charge in [-0.1, -0.05) is 77.0 Å². The average molecular weight is 534 g/mol. The van der Waals surface area contributed by atoms with Gasteiger partial charge in [-0.3, -0.25) is 0 Å². The summed E-state index contributed by atoms with van der Waals surface area (Å²) < 4.78 is 38.6. The number of epoxide rings is 3. The van der Waals surface area contributed by atoms with Gasteiger partial charge >= 0.3 is 0 Å². The minimum Gasteiger partial charge on any atom is -0.369 e. The Labute approximate surface area is 231 Å². The Hall–Kier alpha value is -0.240. The zero-order valence-corrected chi connectivity index (χ0v) is 23.7. The van der Waals surface area contributed by atoms with Crippen LogP contribution in [-0.4, -0.2) is 60.9 Å². The number of fused-ring (bicyclic) bond motifs is 3. The first-order valence-corrected chi connectivity index (χ1v) is 16.5. The lowest BCUT2D eigenvalue weighted by molar-refractivity contribution is -0.395. The summed E-state index contributed by atoms with van der Waals surface area (Å²) in [6, 6.07) is 0. The standard InChI is InChI=1S/C32H53O6/c1-32(36-23-14-8-2-5-11-17-26-29(20-23)33-26,37-24-15-9-3-6-12-18-27-30(21-24)34-27)38-25-16-10-4-7-13-19-28-31(22-25)35-28/h23-31H,1-22H2. The van der Waals surface area contributed by atoms with Crippen molar-refractivity contribution >= 4 is 0 Å². The van der Waals surface area contributed by atoms with Crippen molar-refractivity contribution in [2.75, 3.05) is 0 Å². The maximum absolute atomic E-state index is 6.85. The van der Waals surface area contributed by atoms with E-state index < -0.39 is 5.97 Å². The molecule has 9 unspecified atom stereocenters. The third-order valence-electron chi connectivity index (χ3n) is 9.88. The molecular formula is C32H53O6. The number of ether oxygens (including phenoxy) is 6. The largest absolute Gasteiger partial charge is 0.369 e. The van der Waals surface area contributed by atoms with Crippen molar-refractivity contribution in [3.05, 3.63) is 6.92 Å². The summed E-state index contributed by atoms with van der Waals surface area (Å²) in [4.78, 5) is 0. The minimum atomic E-state index is -1.29. The minimum absolute atomic E-state index is 0.0505. The van der Waals surface area contributed by atoms with Crippen LogP contribution in [0.4, 0.5) is 0 Å². The Morgan fingerprint density at radius 1 is 0.395 bits per heavy atom. The van der Waals surface area contributed by atoms with Crippen LogP contribution in [-0.2, 0) is 28.4 Å². The molecule has 9 atom stereocenters. The summed E-state index contributed by atoms with van der Waals surface area (Å²) in [6.07, 6.45) is 26.8. The highest BCUT2D eigenvalue weighted by Crippen LogP contribution is 2.40. The van der Waals surface area contributed by atoms with Gasteiger partial charge in [-0.05, 0) is 38.5 Å². The predicted octanol–water partition coefficient (Wildman–Crippen LogP) is 7.16. The molecule has 0 N–H and O–H groups in total. The van der Waals surface area contributed by atoms with Crippen LogP contribution in [0.3, 0.4) is 0 Å². The Balaban J connectivity index is 1.15. The molecule has 3 aliphatic heterocycles. The van der Waals surface area contributed by atoms with Gasteiger partial charge in [0.2, 0.25) is 0 Å². The average Bonchev–Trinajstić information content (AvgIpc) is 3.80. The fourth-order valence-corrected chi connectivity index (χ4v) is 7.43. The van der Waals surface area contributed by atoms with Crippen LogP contribution in [0.25, 0.3) is 0 Å². The van der Waals surface area contributed by atoms with E-state index in [9.17, 15) is 0 Å². The van der Waals surface area contributed by atoms with Crippen LogP contribution in [0, 0.1) is 6.92 Å². The van der Waals surface area contributed by atoms with Crippen LogP contribution in [0.1, 0.15) is 135 Å². The molecule has 3 heterocycles. The molecule has 6 fully saturated rings. The van der Waals surface area contributed by atoms with Crippen molar-refractivity contribution in [1.29, 1.82) is 0 Å². The zero-order valence-electron chi connectivity index (χ0n) is 23.7. The van der Waals surface area contributed by atoms with Crippen molar-refractivity contribution in [3.63, 3.8) is 0 Å². The van der Waals surface area contributed by atoms with Gasteiger partial charge < -0.3 is 28.4 Å². The second-order valence-electron chi connectivity index (χ2n) is 13.2. The van der Waals surface area contributed by atoms with Crippen LogP contribution in [0.15, 0.2) is 0 Å². The van der Waals surface area contributed by atoms with Crippen molar-refractivity contribution < 1.29 is 28.4 Å². The van der Waals surface area contributed by atoms with Crippen LogP contribution in [0.5, 0.6) is 0 Å². The lowest BCUT2D eigenvalue weighted by Crippen LogP contribution is -2.46. The van der Waals surface area contributed by atoms with E-state index in [2.05, 4.69) is 6.92 Å². The Bertz CT molecular complexity index is 638. The molecular weight excluding hydrogens is 480 g/mol. The molecule has 6 nitrogen and oxygen atoms in total. The summed E-state index contributed by atoms with van der Waals surface area (Å²) in [5, 5.41) is 0. The van der Waals surface area contributed by atoms with Gasteiger partial charge in [-0.25, -0.2) is 0 Å². The summed E-state index contributed by atoms with van der Waals surface area (Å²) in [7, 11) is 0. The number of rotatable bonds is 6. The molecule has 3 saturated carbocycles. The van der Waals surface area contributed by atoms with Crippen molar-refractivity contribution in [1.82, 2.24) is 0 Å². The highest BCUT2D eigenvalue weighted by molar-refractivity contribution is 4.91. The molecule has 0 bridgehead atoms. The van der Waals surface area contributed by atoms with Crippen LogP contribution >= 0.6 is 0 Å². The smallest absolute Gasteiger partial charge is 0.283 e. The topological polar surface area (TPSA) is 65.3 Å². The monoisotopic (exact) mass is 533 g/mol. The number of hydrogen-bond acceptors (Lipinski definition) is 6. The quantitative estimate of drug-likeness (QED) is 0.266. The van der Waals surface area contributed by atoms with Crippen LogP contribution in [0.2, 0.25) is 0 Å². The van der Waals surface area contributed by atoms with Gasteiger partial charge in [-0.2, -0.15) is 0 Å². The fraction of sp³-hybridized carbons (Fsp3) is 0.969. The maximum atomic E-state index is 6.85. The first-order chi connectivity index (χ1) is 18.6. The molecule has 0 aromatic heterocycles. The molecule has 6 heteroatoms. The predicted molar refractivity (Wildman–Crippen MR) is 146 cm³/mol. The molecule has 38 heavy (non-hydrogen) atoms. The highest BCUT2D eigenvalue weighted by Gasteiger charge is 2.47. The van der Waals surface area contributed by atoms with E-state index >= 15 is 0 Å². The SMILES string of the molecule is [CH2]C(OC1CCCCCCC2OC2C1)(OC1CCCCCCC2OC2C1)OC1CCCCCCC2OC2C1. The lowest BCUT2D eigenvalue weighted by Gasteiger charge is -2.39. The Morgan fingerprint density at radius 2 is 0.684 bits per heavy atom. The van der Waals surface area contributed by atoms with Crippen molar-refractivity contribution in [2.24, 2.45) is 0 Å². The molecule has 3 saturated heterocycles. The van der Waals surface area contributed by atoms with E-state index in [4.69, 9.17) is 28.4 Å². The van der Waals surface area contributed by atoms with Gasteiger partial charge in [0.05, 0.1) is 54.9 Å². The van der Waals surface area contributed by atoms with E-state index in [-0.39, 0.29) is 18.3 Å². The molecule has 217 valence electrons. The Morgan fingerprint density at radius 3 is 1.00 bits per heavy atom. The molecule has 6 aliphatic rings. The van der Waals surface area contributed by atoms with Gasteiger partial charge in [0, 0.05) is 26.2 Å². The molecule has 1 radical (unpaired) electrons. The third-order valence-corrected chi connectivity index (χ3v) is 9.88. The fourth-order valence-electron chi connectivity index (χ4n) is 7.43. The van der Waals surface area contributed by atoms with E-state index in [1.807, 2.05) is 0 Å². The first-order valence-electron chi connectivity index (χ1n) is 16.5. The lowest BCUT2D eigenvalue weighted by atomic mass is 9.98. The van der Waals surface area contributed by atoms with Crippen molar-refractivity contribution in [2.45, 2.75) is 196 Å². The van der Waals surface area contributed by atoms with E-state index in [1.165, 1.54) is 96.3 Å². The molecule has 3 aliphatic carbocycles. The first kappa shape index (κ1) is 27.9. The van der Waals surface area contributed by atoms with Gasteiger partial charge in [0.15, 0.2) is 0 Å². The zero-order chi connectivity index (χ0) is 25.8. The molecule has 6 rings (SSSR count). The van der Waals surface area contributed by atoms with Gasteiger partial charge in [0.1, 0.15) is 0 Å². The van der Waals surface area contributed by atoms with E-state index in [0.717, 1.165) is 38.5 Å². The van der Waals surface area contributed by atoms with Gasteiger partial charge in [0.25, 0.3) is 5.97 Å². The molecule has 0 spiro atoms. The normalized spacial score (nSPS) is 44.3. The van der Waals surface area contributed by atoms with Gasteiger partial charge in [-0.15, -0.1) is 0 Å². The highest BCUT2D eigenvalue weighted by atomic mass is 16.9. The van der Waals surface area contributed by atoms with Crippen molar-refractivity contribution in [3.8, 4) is 0 Å². The molecule has 0 aromatic carbocycles. The molecule has 0 aromatic rings. The van der Waals surface area contributed by atoms with E-state index in [0.29, 0.717) is 36.6 Å². The van der Waals surface area contributed by atoms with Crippen LogP contribution < -0.4 is 0 Å². The second kappa shape index (κ2) is 13.2. The second-order valence-corrected chi connectivity index (χ2v) is 13.2. The van der Waals surface area contributed by atoms with E-state index in [1.54, 1.807) is 0 Å². The summed E-state index contributed by atoms with van der Waals surface area (Å²) >= 11 is 0. The Kier molecular flexibility index (Phi) is 9.67. The summed E-state index contributed by atoms with van der Waals surface area (Å²) in [5.41, 5.74) is 0. The summed E-state index contributed by atoms with van der Waals surface area (Å²) in [6.45, 7) is 4.57. The maximum Gasteiger partial charge on any atom is 0.283 e. The number of hydrogen-bond donors (Lipinski definition) is 0. The summed E-state index contributed by atoms with van der Waals surface area (Å²) in [5.74, 6) is -1.29.